The summed E-state index contributed by atoms with van der Waals surface area (Å²) in [5.74, 6) is -2.20. The number of benzene rings is 3. The molecule has 3 aromatic carbocycles. The predicted octanol–water partition coefficient (Wildman–Crippen LogP) is 6.33. The number of hydrogen-bond acceptors (Lipinski definition) is 3. The highest BCUT2D eigenvalue weighted by Gasteiger charge is 2.34. The Hall–Kier alpha value is -4.07. The van der Waals surface area contributed by atoms with Crippen molar-refractivity contribution in [1.29, 1.82) is 0 Å². The van der Waals surface area contributed by atoms with Gasteiger partial charge in [-0.2, -0.15) is 13.2 Å². The van der Waals surface area contributed by atoms with Crippen LogP contribution in [-0.4, -0.2) is 21.0 Å². The van der Waals surface area contributed by atoms with Gasteiger partial charge >= 0.3 is 12.1 Å². The molecule has 0 aliphatic heterocycles. The van der Waals surface area contributed by atoms with Crippen molar-refractivity contribution in [2.24, 2.45) is 0 Å². The van der Waals surface area contributed by atoms with Gasteiger partial charge in [-0.15, -0.1) is 0 Å². The fraction of sp³-hybridized carbons (Fsp3) is 0.0417. The van der Waals surface area contributed by atoms with E-state index in [0.29, 0.717) is 11.1 Å². The molecule has 0 unspecified atom stereocenters. The van der Waals surface area contributed by atoms with Crippen molar-refractivity contribution in [2.45, 2.75) is 6.18 Å². The lowest BCUT2D eigenvalue weighted by atomic mass is 10.0. The number of aromatic carboxylic acids is 1. The van der Waals surface area contributed by atoms with Gasteiger partial charge in [0.25, 0.3) is 0 Å². The van der Waals surface area contributed by atoms with Crippen LogP contribution in [-0.2, 0) is 6.18 Å². The molecule has 0 radical (unpaired) electrons. The molecule has 8 heteroatoms. The zero-order valence-corrected chi connectivity index (χ0v) is 16.3. The van der Waals surface area contributed by atoms with E-state index < -0.39 is 23.7 Å². The van der Waals surface area contributed by atoms with Gasteiger partial charge in [-0.05, 0) is 41.5 Å². The Morgan fingerprint density at radius 2 is 1.44 bits per heavy atom. The lowest BCUT2D eigenvalue weighted by Crippen LogP contribution is -2.10. The molecule has 4 aromatic rings. The second-order valence-corrected chi connectivity index (χ2v) is 6.94. The van der Waals surface area contributed by atoms with E-state index >= 15 is 0 Å². The first-order valence-electron chi connectivity index (χ1n) is 9.37. The number of aromatic nitrogens is 2. The number of hydrogen-bond donors (Lipinski definition) is 1. The topological polar surface area (TPSA) is 63.1 Å². The Morgan fingerprint density at radius 3 is 2.12 bits per heavy atom. The van der Waals surface area contributed by atoms with Crippen LogP contribution >= 0.6 is 0 Å². The highest BCUT2D eigenvalue weighted by Crippen LogP contribution is 2.33. The van der Waals surface area contributed by atoms with Crippen LogP contribution in [0.4, 0.5) is 17.6 Å². The average molecular weight is 438 g/mol. The molecule has 0 spiro atoms. The summed E-state index contributed by atoms with van der Waals surface area (Å²) < 4.78 is 54.4. The lowest BCUT2D eigenvalue weighted by molar-refractivity contribution is -0.141. The number of rotatable bonds is 4. The number of alkyl halides is 3. The van der Waals surface area contributed by atoms with Crippen LogP contribution in [0.25, 0.3) is 33.8 Å². The summed E-state index contributed by atoms with van der Waals surface area (Å²) in [5.41, 5.74) is 0.206. The SMILES string of the molecule is O=C(O)c1cc(F)cc(-c2cccc(-c3nc(-c4ccccc4)cc(C(F)(F)F)n3)c2)c1. The molecular weight excluding hydrogens is 424 g/mol. The smallest absolute Gasteiger partial charge is 0.433 e. The van der Waals surface area contributed by atoms with E-state index in [0.717, 1.165) is 18.2 Å². The normalized spacial score (nSPS) is 11.4. The van der Waals surface area contributed by atoms with Crippen LogP contribution < -0.4 is 0 Å². The van der Waals surface area contributed by atoms with Gasteiger partial charge in [0.15, 0.2) is 5.82 Å². The summed E-state index contributed by atoms with van der Waals surface area (Å²) in [4.78, 5) is 19.2. The number of halogens is 4. The molecule has 4 nitrogen and oxygen atoms in total. The monoisotopic (exact) mass is 438 g/mol. The maximum Gasteiger partial charge on any atom is 0.433 e. The number of carboxylic acid groups (broad SMARTS) is 1. The molecule has 1 heterocycles. The summed E-state index contributed by atoms with van der Waals surface area (Å²) in [5, 5.41) is 9.17. The maximum atomic E-state index is 13.9. The van der Waals surface area contributed by atoms with Gasteiger partial charge in [0.2, 0.25) is 0 Å². The molecule has 0 aliphatic carbocycles. The van der Waals surface area contributed by atoms with Gasteiger partial charge in [0.1, 0.15) is 11.5 Å². The van der Waals surface area contributed by atoms with Gasteiger partial charge in [0.05, 0.1) is 11.3 Å². The van der Waals surface area contributed by atoms with E-state index in [1.165, 1.54) is 18.2 Å². The number of carbonyl (C=O) groups is 1. The van der Waals surface area contributed by atoms with Crippen LogP contribution in [0.15, 0.2) is 78.9 Å². The molecule has 1 N–H and O–H groups in total. The van der Waals surface area contributed by atoms with Crippen LogP contribution in [0, 0.1) is 5.82 Å². The van der Waals surface area contributed by atoms with E-state index in [9.17, 15) is 22.4 Å². The fourth-order valence-electron chi connectivity index (χ4n) is 3.20. The van der Waals surface area contributed by atoms with Crippen molar-refractivity contribution in [2.75, 3.05) is 0 Å². The zero-order valence-electron chi connectivity index (χ0n) is 16.3. The van der Waals surface area contributed by atoms with Crippen LogP contribution in [0.5, 0.6) is 0 Å². The van der Waals surface area contributed by atoms with Crippen molar-refractivity contribution in [3.8, 4) is 33.8 Å². The Morgan fingerprint density at radius 1 is 0.750 bits per heavy atom. The van der Waals surface area contributed by atoms with Crippen molar-refractivity contribution in [3.63, 3.8) is 0 Å². The van der Waals surface area contributed by atoms with E-state index in [4.69, 9.17) is 5.11 Å². The zero-order chi connectivity index (χ0) is 22.9. The second kappa shape index (κ2) is 8.22. The lowest BCUT2D eigenvalue weighted by Gasteiger charge is -2.12. The third-order valence-corrected chi connectivity index (χ3v) is 4.68. The first kappa shape index (κ1) is 21.2. The molecule has 0 aliphatic rings. The van der Waals surface area contributed by atoms with Crippen molar-refractivity contribution < 1.29 is 27.5 Å². The Kier molecular flexibility index (Phi) is 5.44. The second-order valence-electron chi connectivity index (χ2n) is 6.94. The van der Waals surface area contributed by atoms with Gasteiger partial charge in [-0.25, -0.2) is 19.2 Å². The third-order valence-electron chi connectivity index (χ3n) is 4.68. The summed E-state index contributed by atoms with van der Waals surface area (Å²) in [6, 6.07) is 18.8. The molecule has 0 saturated carbocycles. The molecule has 32 heavy (non-hydrogen) atoms. The van der Waals surface area contributed by atoms with E-state index in [1.54, 1.807) is 42.5 Å². The minimum absolute atomic E-state index is 0.104. The Labute approximate surface area is 179 Å². The summed E-state index contributed by atoms with van der Waals surface area (Å²) in [7, 11) is 0. The Balaban J connectivity index is 1.85. The predicted molar refractivity (Wildman–Crippen MR) is 110 cm³/mol. The molecule has 0 atom stereocenters. The summed E-state index contributed by atoms with van der Waals surface area (Å²) >= 11 is 0. The minimum Gasteiger partial charge on any atom is -0.478 e. The van der Waals surface area contributed by atoms with Crippen LogP contribution in [0.3, 0.4) is 0 Å². The van der Waals surface area contributed by atoms with E-state index in [1.807, 2.05) is 0 Å². The molecule has 0 saturated heterocycles. The molecule has 4 rings (SSSR count). The van der Waals surface area contributed by atoms with E-state index in [-0.39, 0.29) is 28.2 Å². The molecule has 0 bridgehead atoms. The minimum atomic E-state index is -4.68. The molecule has 160 valence electrons. The maximum absolute atomic E-state index is 13.9. The summed E-state index contributed by atoms with van der Waals surface area (Å²) in [6.45, 7) is 0. The Bertz CT molecular complexity index is 1310. The molecular formula is C24H14F4N2O2. The molecule has 0 fully saturated rings. The highest BCUT2D eigenvalue weighted by atomic mass is 19.4. The van der Waals surface area contributed by atoms with Crippen LogP contribution in [0.2, 0.25) is 0 Å². The highest BCUT2D eigenvalue weighted by molar-refractivity contribution is 5.89. The van der Waals surface area contributed by atoms with Gasteiger partial charge in [0, 0.05) is 11.1 Å². The fourth-order valence-corrected chi connectivity index (χ4v) is 3.20. The third kappa shape index (κ3) is 4.49. The van der Waals surface area contributed by atoms with Gasteiger partial charge in [-0.3, -0.25) is 0 Å². The van der Waals surface area contributed by atoms with Gasteiger partial charge < -0.3 is 5.11 Å². The van der Waals surface area contributed by atoms with E-state index in [2.05, 4.69) is 9.97 Å². The first-order valence-corrected chi connectivity index (χ1v) is 9.37. The number of carboxylic acids is 1. The standard InChI is InChI=1S/C24H14F4N2O2/c25-19-11-17(10-18(12-19)23(31)32)15-7-4-8-16(9-15)22-29-20(14-5-2-1-3-6-14)13-21(30-22)24(26,27)28/h1-13H,(H,31,32). The largest absolute Gasteiger partial charge is 0.478 e. The van der Waals surface area contributed by atoms with Crippen molar-refractivity contribution in [1.82, 2.24) is 9.97 Å². The number of nitrogens with zero attached hydrogens (tertiary/aromatic N) is 2. The quantitative estimate of drug-likeness (QED) is 0.378. The van der Waals surface area contributed by atoms with Crippen LogP contribution in [0.1, 0.15) is 16.1 Å². The van der Waals surface area contributed by atoms with Gasteiger partial charge in [-0.1, -0.05) is 48.5 Å². The average Bonchev–Trinajstić information content (AvgIpc) is 2.78. The van der Waals surface area contributed by atoms with Crippen molar-refractivity contribution >= 4 is 5.97 Å². The molecule has 0 amide bonds. The van der Waals surface area contributed by atoms with Crippen molar-refractivity contribution in [3.05, 3.63) is 95.9 Å². The molecule has 1 aromatic heterocycles. The first-order chi connectivity index (χ1) is 15.2. The summed E-state index contributed by atoms with van der Waals surface area (Å²) in [6.07, 6.45) is -4.68.